The Morgan fingerprint density at radius 1 is 1.14 bits per heavy atom. The molecule has 5 nitrogen and oxygen atoms in total. The van der Waals surface area contributed by atoms with Crippen LogP contribution in [-0.4, -0.2) is 30.4 Å². The highest BCUT2D eigenvalue weighted by atomic mass is 16.3. The molecule has 3 aromatic rings. The van der Waals surface area contributed by atoms with E-state index in [4.69, 9.17) is 8.83 Å². The normalized spacial score (nSPS) is 16.0. The van der Waals surface area contributed by atoms with E-state index in [1.807, 2.05) is 32.0 Å². The minimum atomic E-state index is -0.167. The van der Waals surface area contributed by atoms with Gasteiger partial charge in [0.1, 0.15) is 17.1 Å². The van der Waals surface area contributed by atoms with Gasteiger partial charge in [0.05, 0.1) is 6.04 Å². The minimum absolute atomic E-state index is 0.0523. The molecule has 0 saturated carbocycles. The van der Waals surface area contributed by atoms with Crippen LogP contribution in [0.2, 0.25) is 0 Å². The van der Waals surface area contributed by atoms with E-state index in [1.54, 1.807) is 0 Å². The topological polar surface area (TPSA) is 58.6 Å². The molecule has 148 valence electrons. The van der Waals surface area contributed by atoms with Gasteiger partial charge in [-0.05, 0) is 76.0 Å². The summed E-state index contributed by atoms with van der Waals surface area (Å²) in [7, 11) is 0. The van der Waals surface area contributed by atoms with Crippen molar-refractivity contribution in [2.45, 2.75) is 46.1 Å². The maximum Gasteiger partial charge on any atom is 0.287 e. The van der Waals surface area contributed by atoms with Crippen LogP contribution in [0.5, 0.6) is 0 Å². The van der Waals surface area contributed by atoms with Crippen molar-refractivity contribution >= 4 is 16.9 Å². The van der Waals surface area contributed by atoms with Crippen LogP contribution in [0.25, 0.3) is 11.0 Å². The number of amides is 1. The summed E-state index contributed by atoms with van der Waals surface area (Å²) < 4.78 is 11.8. The molecule has 5 heteroatoms. The summed E-state index contributed by atoms with van der Waals surface area (Å²) in [5, 5.41) is 4.10. The molecule has 4 rings (SSSR count). The Bertz CT molecular complexity index is 979. The van der Waals surface area contributed by atoms with Crippen LogP contribution in [0.4, 0.5) is 0 Å². The quantitative estimate of drug-likeness (QED) is 0.669. The van der Waals surface area contributed by atoms with E-state index in [-0.39, 0.29) is 11.9 Å². The molecule has 1 aliphatic rings. The monoisotopic (exact) mass is 380 g/mol. The van der Waals surface area contributed by atoms with Gasteiger partial charge in [-0.3, -0.25) is 9.69 Å². The molecular formula is C23H28N2O3. The summed E-state index contributed by atoms with van der Waals surface area (Å²) in [6, 6.07) is 10.2. The Balaban J connectivity index is 1.53. The zero-order chi connectivity index (χ0) is 19.7. The molecule has 3 heterocycles. The van der Waals surface area contributed by atoms with Gasteiger partial charge in [-0.1, -0.05) is 13.0 Å². The SMILES string of the molecule is CCc1ccc2oc(C(=O)NCC(c3ccc(C)o3)N3CCCC3)c(C)c2c1. The van der Waals surface area contributed by atoms with Gasteiger partial charge < -0.3 is 14.2 Å². The molecule has 1 unspecified atom stereocenters. The van der Waals surface area contributed by atoms with E-state index in [0.717, 1.165) is 47.6 Å². The molecule has 28 heavy (non-hydrogen) atoms. The van der Waals surface area contributed by atoms with E-state index < -0.39 is 0 Å². The van der Waals surface area contributed by atoms with Crippen molar-refractivity contribution in [3.05, 3.63) is 58.7 Å². The standard InChI is InChI=1S/C23H28N2O3/c1-4-17-8-10-20-18(13-17)16(3)22(28-20)23(26)24-14-19(25-11-5-6-12-25)21-9-7-15(2)27-21/h7-10,13,19H,4-6,11-12,14H2,1-3H3,(H,24,26). The van der Waals surface area contributed by atoms with Crippen LogP contribution in [0.15, 0.2) is 39.2 Å². The van der Waals surface area contributed by atoms with Crippen molar-refractivity contribution in [2.24, 2.45) is 0 Å². The molecule has 2 aromatic heterocycles. The molecule has 0 radical (unpaired) electrons. The van der Waals surface area contributed by atoms with Gasteiger partial charge in [-0.15, -0.1) is 0 Å². The number of furan rings is 2. The number of benzene rings is 1. The molecule has 1 saturated heterocycles. The second kappa shape index (κ2) is 7.84. The summed E-state index contributed by atoms with van der Waals surface area (Å²) in [5.74, 6) is 2.04. The second-order valence-electron chi connectivity index (χ2n) is 7.66. The average Bonchev–Trinajstić information content (AvgIpc) is 3.43. The summed E-state index contributed by atoms with van der Waals surface area (Å²) in [5.41, 5.74) is 2.90. The number of nitrogens with one attached hydrogen (secondary N) is 1. The predicted molar refractivity (Wildman–Crippen MR) is 110 cm³/mol. The summed E-state index contributed by atoms with van der Waals surface area (Å²) in [6.07, 6.45) is 3.33. The number of rotatable bonds is 6. The molecule has 1 aromatic carbocycles. The fraction of sp³-hybridized carbons (Fsp3) is 0.435. The van der Waals surface area contributed by atoms with Crippen molar-refractivity contribution in [3.63, 3.8) is 0 Å². The lowest BCUT2D eigenvalue weighted by atomic mass is 10.1. The third-order valence-electron chi connectivity index (χ3n) is 5.74. The van der Waals surface area contributed by atoms with Gasteiger partial charge >= 0.3 is 0 Å². The summed E-state index contributed by atoms with van der Waals surface area (Å²) in [4.78, 5) is 15.3. The highest BCUT2D eigenvalue weighted by Crippen LogP contribution is 2.28. The van der Waals surface area contributed by atoms with Gasteiger partial charge in [-0.2, -0.15) is 0 Å². The lowest BCUT2D eigenvalue weighted by Gasteiger charge is -2.25. The zero-order valence-electron chi connectivity index (χ0n) is 16.9. The van der Waals surface area contributed by atoms with Crippen LogP contribution in [-0.2, 0) is 6.42 Å². The first-order chi connectivity index (χ1) is 13.6. The predicted octanol–water partition coefficient (Wildman–Crippen LogP) is 4.77. The van der Waals surface area contributed by atoms with Crippen LogP contribution in [0.1, 0.15) is 59.0 Å². The minimum Gasteiger partial charge on any atom is -0.465 e. The van der Waals surface area contributed by atoms with Gasteiger partial charge in [0.2, 0.25) is 0 Å². The Hall–Kier alpha value is -2.53. The number of hydrogen-bond donors (Lipinski definition) is 1. The molecule has 1 amide bonds. The molecule has 0 spiro atoms. The molecule has 1 atom stereocenters. The van der Waals surface area contributed by atoms with Crippen LogP contribution in [0.3, 0.4) is 0 Å². The van der Waals surface area contributed by atoms with Crippen molar-refractivity contribution in [1.82, 2.24) is 10.2 Å². The Kier molecular flexibility index (Phi) is 5.27. The number of nitrogens with zero attached hydrogens (tertiary/aromatic N) is 1. The molecule has 1 fully saturated rings. The Labute approximate surface area is 165 Å². The third kappa shape index (κ3) is 3.59. The number of likely N-dealkylation sites (tertiary alicyclic amines) is 1. The van der Waals surface area contributed by atoms with Crippen molar-refractivity contribution < 1.29 is 13.6 Å². The number of fused-ring (bicyclic) bond motifs is 1. The Morgan fingerprint density at radius 2 is 1.93 bits per heavy atom. The fourth-order valence-corrected chi connectivity index (χ4v) is 4.07. The van der Waals surface area contributed by atoms with Crippen molar-refractivity contribution in [2.75, 3.05) is 19.6 Å². The highest BCUT2D eigenvalue weighted by molar-refractivity contribution is 5.99. The van der Waals surface area contributed by atoms with Gasteiger partial charge in [0.25, 0.3) is 5.91 Å². The molecule has 1 aliphatic heterocycles. The van der Waals surface area contributed by atoms with E-state index in [2.05, 4.69) is 29.3 Å². The smallest absolute Gasteiger partial charge is 0.287 e. The van der Waals surface area contributed by atoms with Gasteiger partial charge in [0.15, 0.2) is 5.76 Å². The third-order valence-corrected chi connectivity index (χ3v) is 5.74. The molecule has 0 aliphatic carbocycles. The summed E-state index contributed by atoms with van der Waals surface area (Å²) >= 11 is 0. The van der Waals surface area contributed by atoms with E-state index >= 15 is 0 Å². The molecule has 1 N–H and O–H groups in total. The van der Waals surface area contributed by atoms with Gasteiger partial charge in [0, 0.05) is 17.5 Å². The lowest BCUT2D eigenvalue weighted by Crippen LogP contribution is -2.36. The Morgan fingerprint density at radius 3 is 2.61 bits per heavy atom. The second-order valence-corrected chi connectivity index (χ2v) is 7.66. The van der Waals surface area contributed by atoms with E-state index in [1.165, 1.54) is 18.4 Å². The maximum atomic E-state index is 12.9. The fourth-order valence-electron chi connectivity index (χ4n) is 4.07. The largest absolute Gasteiger partial charge is 0.465 e. The molecule has 0 bridgehead atoms. The van der Waals surface area contributed by atoms with Crippen molar-refractivity contribution in [3.8, 4) is 0 Å². The summed E-state index contributed by atoms with van der Waals surface area (Å²) in [6.45, 7) is 8.59. The van der Waals surface area contributed by atoms with E-state index in [9.17, 15) is 4.79 Å². The van der Waals surface area contributed by atoms with Crippen LogP contribution < -0.4 is 5.32 Å². The average molecular weight is 380 g/mol. The first-order valence-corrected chi connectivity index (χ1v) is 10.2. The highest BCUT2D eigenvalue weighted by Gasteiger charge is 2.27. The number of carbonyl (C=O) groups excluding carboxylic acids is 1. The van der Waals surface area contributed by atoms with Crippen molar-refractivity contribution in [1.29, 1.82) is 0 Å². The van der Waals surface area contributed by atoms with Gasteiger partial charge in [-0.25, -0.2) is 0 Å². The van der Waals surface area contributed by atoms with E-state index in [0.29, 0.717) is 12.3 Å². The number of hydrogen-bond acceptors (Lipinski definition) is 4. The first kappa shape index (κ1) is 18.8. The number of carbonyl (C=O) groups is 1. The van der Waals surface area contributed by atoms with Crippen LogP contribution >= 0.6 is 0 Å². The lowest BCUT2D eigenvalue weighted by molar-refractivity contribution is 0.0907. The maximum absolute atomic E-state index is 12.9. The zero-order valence-corrected chi connectivity index (χ0v) is 16.9. The first-order valence-electron chi connectivity index (χ1n) is 10.2. The van der Waals surface area contributed by atoms with Crippen LogP contribution in [0, 0.1) is 13.8 Å². The molecular weight excluding hydrogens is 352 g/mol. The number of aryl methyl sites for hydroxylation is 3.